The van der Waals surface area contributed by atoms with Gasteiger partial charge in [0.25, 0.3) is 0 Å². The molecule has 1 fully saturated rings. The number of nitrogen functional groups attached to an aromatic ring is 1. The molecule has 2 N–H and O–H groups in total. The summed E-state index contributed by atoms with van der Waals surface area (Å²) in [5, 5.41) is 4.12. The van der Waals surface area contributed by atoms with Gasteiger partial charge in [-0.25, -0.2) is 4.68 Å². The van der Waals surface area contributed by atoms with Gasteiger partial charge in [-0.05, 0) is 28.8 Å². The number of rotatable bonds is 1. The first-order chi connectivity index (χ1) is 4.79. The summed E-state index contributed by atoms with van der Waals surface area (Å²) in [5.41, 5.74) is 5.70. The normalized spacial score (nSPS) is 17.7. The lowest BCUT2D eigenvalue weighted by Gasteiger charge is -1.98. The van der Waals surface area contributed by atoms with Gasteiger partial charge in [0, 0.05) is 0 Å². The van der Waals surface area contributed by atoms with Crippen molar-refractivity contribution < 1.29 is 0 Å². The quantitative estimate of drug-likeness (QED) is 0.750. The number of hydrogen-bond acceptors (Lipinski definition) is 2. The maximum Gasteiger partial charge on any atom is 0.136 e. The fraction of sp³-hybridized carbons (Fsp3) is 0.500. The Morgan fingerprint density at radius 1 is 1.70 bits per heavy atom. The molecule has 0 atom stereocenters. The molecule has 0 unspecified atom stereocenters. The monoisotopic (exact) mass is 201 g/mol. The van der Waals surface area contributed by atoms with Crippen molar-refractivity contribution in [3.05, 3.63) is 10.7 Å². The molecule has 0 amide bonds. The molecular formula is C6H8BrN3. The Bertz CT molecular complexity index is 251. The van der Waals surface area contributed by atoms with E-state index in [1.54, 1.807) is 6.20 Å². The highest BCUT2D eigenvalue weighted by molar-refractivity contribution is 9.10. The summed E-state index contributed by atoms with van der Waals surface area (Å²) in [5.74, 6) is 0.752. The Morgan fingerprint density at radius 3 is 2.80 bits per heavy atom. The van der Waals surface area contributed by atoms with E-state index in [-0.39, 0.29) is 0 Å². The second kappa shape index (κ2) is 1.99. The van der Waals surface area contributed by atoms with Crippen molar-refractivity contribution in [2.45, 2.75) is 18.9 Å². The average Bonchev–Trinajstić information content (AvgIpc) is 2.67. The molecule has 4 heteroatoms. The van der Waals surface area contributed by atoms with E-state index in [1.807, 2.05) is 4.68 Å². The summed E-state index contributed by atoms with van der Waals surface area (Å²) < 4.78 is 2.78. The molecule has 0 spiro atoms. The molecule has 0 bridgehead atoms. The average molecular weight is 202 g/mol. The molecule has 0 aromatic carbocycles. The van der Waals surface area contributed by atoms with Crippen LogP contribution in [0.25, 0.3) is 0 Å². The van der Waals surface area contributed by atoms with Gasteiger partial charge in [-0.2, -0.15) is 5.10 Å². The standard InChI is InChI=1S/C6H8BrN3/c7-5-3-9-10(6(5)8)4-1-2-4/h3-4H,1-2,8H2. The molecule has 2 rings (SSSR count). The third-order valence-corrected chi connectivity index (χ3v) is 2.29. The predicted molar refractivity (Wildman–Crippen MR) is 42.6 cm³/mol. The number of hydrogen-bond donors (Lipinski definition) is 1. The van der Waals surface area contributed by atoms with Gasteiger partial charge in [-0.3, -0.25) is 0 Å². The predicted octanol–water partition coefficient (Wildman–Crippen LogP) is 1.56. The summed E-state index contributed by atoms with van der Waals surface area (Å²) in [6.45, 7) is 0. The number of aromatic nitrogens is 2. The fourth-order valence-electron chi connectivity index (χ4n) is 0.961. The van der Waals surface area contributed by atoms with Crippen LogP contribution in [0.15, 0.2) is 10.7 Å². The van der Waals surface area contributed by atoms with Crippen LogP contribution in [0, 0.1) is 0 Å². The summed E-state index contributed by atoms with van der Waals surface area (Å²) in [6.07, 6.45) is 4.18. The Morgan fingerprint density at radius 2 is 2.40 bits per heavy atom. The summed E-state index contributed by atoms with van der Waals surface area (Å²) >= 11 is 3.30. The van der Waals surface area contributed by atoms with Crippen molar-refractivity contribution in [2.24, 2.45) is 0 Å². The Labute approximate surface area is 67.3 Å². The smallest absolute Gasteiger partial charge is 0.136 e. The van der Waals surface area contributed by atoms with Crippen LogP contribution < -0.4 is 5.73 Å². The highest BCUT2D eigenvalue weighted by atomic mass is 79.9. The van der Waals surface area contributed by atoms with Gasteiger partial charge in [0.15, 0.2) is 0 Å². The third-order valence-electron chi connectivity index (χ3n) is 1.68. The van der Waals surface area contributed by atoms with Gasteiger partial charge in [0.1, 0.15) is 5.82 Å². The zero-order valence-corrected chi connectivity index (χ0v) is 7.00. The van der Waals surface area contributed by atoms with E-state index in [0.29, 0.717) is 6.04 Å². The van der Waals surface area contributed by atoms with Gasteiger partial charge >= 0.3 is 0 Å². The Balaban J connectivity index is 2.40. The van der Waals surface area contributed by atoms with Crippen molar-refractivity contribution in [1.29, 1.82) is 0 Å². The lowest BCUT2D eigenvalue weighted by Crippen LogP contribution is -2.01. The van der Waals surface area contributed by atoms with Crippen LogP contribution in [0.4, 0.5) is 5.82 Å². The van der Waals surface area contributed by atoms with Crippen LogP contribution in [-0.4, -0.2) is 9.78 Å². The summed E-state index contributed by atoms with van der Waals surface area (Å²) in [6, 6.07) is 0.575. The van der Waals surface area contributed by atoms with Crippen LogP contribution in [0.1, 0.15) is 18.9 Å². The van der Waals surface area contributed by atoms with Gasteiger partial charge in [0.2, 0.25) is 0 Å². The molecule has 1 saturated carbocycles. The Kier molecular flexibility index (Phi) is 1.23. The van der Waals surface area contributed by atoms with Crippen molar-refractivity contribution in [3.63, 3.8) is 0 Å². The summed E-state index contributed by atoms with van der Waals surface area (Å²) in [7, 11) is 0. The largest absolute Gasteiger partial charge is 0.383 e. The maximum atomic E-state index is 5.70. The van der Waals surface area contributed by atoms with Gasteiger partial charge in [0.05, 0.1) is 16.7 Å². The van der Waals surface area contributed by atoms with E-state index in [4.69, 9.17) is 5.73 Å². The molecule has 1 aliphatic rings. The molecule has 3 nitrogen and oxygen atoms in total. The second-order valence-electron chi connectivity index (χ2n) is 2.55. The number of nitrogens with zero attached hydrogens (tertiary/aromatic N) is 2. The second-order valence-corrected chi connectivity index (χ2v) is 3.41. The lowest BCUT2D eigenvalue weighted by molar-refractivity contribution is 0.651. The van der Waals surface area contributed by atoms with Gasteiger partial charge in [-0.15, -0.1) is 0 Å². The minimum absolute atomic E-state index is 0.575. The molecule has 0 saturated heterocycles. The SMILES string of the molecule is Nc1c(Br)cnn1C1CC1. The minimum atomic E-state index is 0.575. The molecule has 0 aliphatic heterocycles. The van der Waals surface area contributed by atoms with Crippen molar-refractivity contribution in [2.75, 3.05) is 5.73 Å². The van der Waals surface area contributed by atoms with Crippen LogP contribution in [0.2, 0.25) is 0 Å². The first-order valence-electron chi connectivity index (χ1n) is 3.27. The fourth-order valence-corrected chi connectivity index (χ4v) is 1.23. The van der Waals surface area contributed by atoms with Gasteiger partial charge < -0.3 is 5.73 Å². The van der Waals surface area contributed by atoms with E-state index in [0.717, 1.165) is 10.3 Å². The van der Waals surface area contributed by atoms with Crippen molar-refractivity contribution in [1.82, 2.24) is 9.78 Å². The topological polar surface area (TPSA) is 43.8 Å². The molecule has 0 radical (unpaired) electrons. The van der Waals surface area contributed by atoms with E-state index in [2.05, 4.69) is 21.0 Å². The van der Waals surface area contributed by atoms with Crippen molar-refractivity contribution in [3.8, 4) is 0 Å². The lowest BCUT2D eigenvalue weighted by atomic mass is 10.6. The van der Waals surface area contributed by atoms with Crippen LogP contribution >= 0.6 is 15.9 Å². The molecule has 1 aliphatic carbocycles. The molecule has 54 valence electrons. The molecular weight excluding hydrogens is 194 g/mol. The highest BCUT2D eigenvalue weighted by Crippen LogP contribution is 2.37. The molecule has 10 heavy (non-hydrogen) atoms. The zero-order valence-electron chi connectivity index (χ0n) is 5.42. The van der Waals surface area contributed by atoms with Crippen LogP contribution in [0.3, 0.4) is 0 Å². The number of nitrogens with two attached hydrogens (primary N) is 1. The van der Waals surface area contributed by atoms with Crippen LogP contribution in [-0.2, 0) is 0 Å². The first-order valence-corrected chi connectivity index (χ1v) is 4.07. The number of halogens is 1. The number of anilines is 1. The summed E-state index contributed by atoms with van der Waals surface area (Å²) in [4.78, 5) is 0. The molecule has 1 aromatic heterocycles. The van der Waals surface area contributed by atoms with E-state index in [9.17, 15) is 0 Å². The molecule has 1 heterocycles. The van der Waals surface area contributed by atoms with Crippen LogP contribution in [0.5, 0.6) is 0 Å². The molecule has 1 aromatic rings. The van der Waals surface area contributed by atoms with E-state index >= 15 is 0 Å². The van der Waals surface area contributed by atoms with Crippen molar-refractivity contribution >= 4 is 21.7 Å². The van der Waals surface area contributed by atoms with Gasteiger partial charge in [-0.1, -0.05) is 0 Å². The third kappa shape index (κ3) is 0.831. The maximum absolute atomic E-state index is 5.70. The van der Waals surface area contributed by atoms with E-state index < -0.39 is 0 Å². The van der Waals surface area contributed by atoms with E-state index in [1.165, 1.54) is 12.8 Å². The first kappa shape index (κ1) is 6.22. The zero-order chi connectivity index (χ0) is 7.14. The Hall–Kier alpha value is -0.510. The minimum Gasteiger partial charge on any atom is -0.383 e. The highest BCUT2D eigenvalue weighted by Gasteiger charge is 2.26.